The summed E-state index contributed by atoms with van der Waals surface area (Å²) in [6.07, 6.45) is -0.462. The first-order valence-electron chi connectivity index (χ1n) is 6.42. The summed E-state index contributed by atoms with van der Waals surface area (Å²) in [4.78, 5) is 13.9. The molecule has 1 aromatic carbocycles. The van der Waals surface area contributed by atoms with Crippen LogP contribution in [0, 0.1) is 0 Å². The monoisotopic (exact) mass is 265 g/mol. The van der Waals surface area contributed by atoms with Crippen molar-refractivity contribution in [2.45, 2.75) is 32.5 Å². The van der Waals surface area contributed by atoms with Crippen LogP contribution in [0.5, 0.6) is 0 Å². The standard InChI is InChI=1S/C14H23N3O2/c1-10(18)9-17(3)11(2)14(19)16-13-7-5-4-6-12(13)8-15/h4-7,10-11,18H,8-9,15H2,1-3H3,(H,16,19). The maximum atomic E-state index is 12.1. The van der Waals surface area contributed by atoms with Gasteiger partial charge in [-0.05, 0) is 32.5 Å². The Balaban J connectivity index is 2.68. The van der Waals surface area contributed by atoms with E-state index in [1.807, 2.05) is 43.1 Å². The lowest BCUT2D eigenvalue weighted by atomic mass is 10.1. The minimum atomic E-state index is -0.462. The van der Waals surface area contributed by atoms with E-state index >= 15 is 0 Å². The number of rotatable bonds is 6. The molecule has 0 aliphatic carbocycles. The molecule has 0 bridgehead atoms. The Hall–Kier alpha value is -1.43. The molecule has 1 rings (SSSR count). The molecule has 0 aromatic heterocycles. The second-order valence-corrected chi connectivity index (χ2v) is 4.82. The van der Waals surface area contributed by atoms with Crippen LogP contribution in [-0.2, 0) is 11.3 Å². The molecule has 0 saturated carbocycles. The van der Waals surface area contributed by atoms with Gasteiger partial charge in [-0.25, -0.2) is 0 Å². The van der Waals surface area contributed by atoms with Gasteiger partial charge in [0, 0.05) is 18.8 Å². The molecular weight excluding hydrogens is 242 g/mol. The van der Waals surface area contributed by atoms with Crippen LogP contribution in [0.4, 0.5) is 5.69 Å². The summed E-state index contributed by atoms with van der Waals surface area (Å²) >= 11 is 0. The molecule has 2 unspecified atom stereocenters. The van der Waals surface area contributed by atoms with E-state index in [1.165, 1.54) is 0 Å². The second kappa shape index (κ2) is 7.23. The zero-order valence-corrected chi connectivity index (χ0v) is 11.8. The lowest BCUT2D eigenvalue weighted by Crippen LogP contribution is -2.42. The van der Waals surface area contributed by atoms with Gasteiger partial charge in [-0.2, -0.15) is 0 Å². The summed E-state index contributed by atoms with van der Waals surface area (Å²) in [5, 5.41) is 12.2. The number of nitrogens with one attached hydrogen (secondary N) is 1. The van der Waals surface area contributed by atoms with Gasteiger partial charge in [-0.15, -0.1) is 0 Å². The van der Waals surface area contributed by atoms with Crippen molar-refractivity contribution in [3.8, 4) is 0 Å². The molecule has 0 radical (unpaired) electrons. The van der Waals surface area contributed by atoms with Gasteiger partial charge in [-0.3, -0.25) is 9.69 Å². The first-order chi connectivity index (χ1) is 8.95. The molecule has 1 aromatic rings. The molecule has 106 valence electrons. The largest absolute Gasteiger partial charge is 0.392 e. The average Bonchev–Trinajstić information content (AvgIpc) is 2.37. The van der Waals surface area contributed by atoms with Gasteiger partial charge in [0.1, 0.15) is 0 Å². The van der Waals surface area contributed by atoms with Crippen molar-refractivity contribution in [1.82, 2.24) is 4.90 Å². The van der Waals surface area contributed by atoms with Gasteiger partial charge in [0.05, 0.1) is 12.1 Å². The van der Waals surface area contributed by atoms with E-state index in [-0.39, 0.29) is 11.9 Å². The normalized spacial score (nSPS) is 14.2. The van der Waals surface area contributed by atoms with Gasteiger partial charge in [0.15, 0.2) is 0 Å². The van der Waals surface area contributed by atoms with E-state index in [0.29, 0.717) is 13.1 Å². The third-order valence-corrected chi connectivity index (χ3v) is 3.09. The van der Waals surface area contributed by atoms with E-state index < -0.39 is 6.10 Å². The third-order valence-electron chi connectivity index (χ3n) is 3.09. The summed E-state index contributed by atoms with van der Waals surface area (Å²) in [6, 6.07) is 7.15. The number of hydrogen-bond donors (Lipinski definition) is 3. The van der Waals surface area contributed by atoms with Crippen LogP contribution in [0.1, 0.15) is 19.4 Å². The van der Waals surface area contributed by atoms with Crippen molar-refractivity contribution in [2.75, 3.05) is 18.9 Å². The Bertz CT molecular complexity index is 421. The van der Waals surface area contributed by atoms with E-state index in [1.54, 1.807) is 6.92 Å². The van der Waals surface area contributed by atoms with Crippen molar-refractivity contribution in [3.05, 3.63) is 29.8 Å². The number of aliphatic hydroxyl groups is 1. The molecular formula is C14H23N3O2. The van der Waals surface area contributed by atoms with E-state index in [0.717, 1.165) is 11.3 Å². The number of carbonyl (C=O) groups excluding carboxylic acids is 1. The van der Waals surface area contributed by atoms with Crippen LogP contribution in [0.3, 0.4) is 0 Å². The fourth-order valence-electron chi connectivity index (χ4n) is 1.83. The quantitative estimate of drug-likeness (QED) is 0.710. The number of amides is 1. The van der Waals surface area contributed by atoms with Gasteiger partial charge >= 0.3 is 0 Å². The number of nitrogens with zero attached hydrogens (tertiary/aromatic N) is 1. The van der Waals surface area contributed by atoms with Gasteiger partial charge in [0.2, 0.25) is 5.91 Å². The Labute approximate surface area is 114 Å². The summed E-state index contributed by atoms with van der Waals surface area (Å²) in [7, 11) is 1.81. The number of likely N-dealkylation sites (N-methyl/N-ethyl adjacent to an activating group) is 1. The summed E-state index contributed by atoms with van der Waals surface area (Å²) < 4.78 is 0. The lowest BCUT2D eigenvalue weighted by Gasteiger charge is -2.25. The maximum absolute atomic E-state index is 12.1. The predicted molar refractivity (Wildman–Crippen MR) is 76.7 cm³/mol. The molecule has 1 amide bonds. The Morgan fingerprint density at radius 3 is 2.63 bits per heavy atom. The fraction of sp³-hybridized carbons (Fsp3) is 0.500. The molecule has 5 nitrogen and oxygen atoms in total. The lowest BCUT2D eigenvalue weighted by molar-refractivity contribution is -0.120. The van der Waals surface area contributed by atoms with Crippen molar-refractivity contribution in [1.29, 1.82) is 0 Å². The second-order valence-electron chi connectivity index (χ2n) is 4.82. The smallest absolute Gasteiger partial charge is 0.241 e. The van der Waals surface area contributed by atoms with Crippen LogP contribution >= 0.6 is 0 Å². The van der Waals surface area contributed by atoms with Gasteiger partial charge in [0.25, 0.3) is 0 Å². The molecule has 0 fully saturated rings. The van der Waals surface area contributed by atoms with Crippen LogP contribution in [0.2, 0.25) is 0 Å². The zero-order chi connectivity index (χ0) is 14.4. The maximum Gasteiger partial charge on any atom is 0.241 e. The molecule has 0 heterocycles. The number of benzene rings is 1. The van der Waals surface area contributed by atoms with Crippen molar-refractivity contribution >= 4 is 11.6 Å². The minimum Gasteiger partial charge on any atom is -0.392 e. The summed E-state index contributed by atoms with van der Waals surface area (Å²) in [6.45, 7) is 4.34. The zero-order valence-electron chi connectivity index (χ0n) is 11.8. The average molecular weight is 265 g/mol. The van der Waals surface area contributed by atoms with Gasteiger partial charge < -0.3 is 16.2 Å². The van der Waals surface area contributed by atoms with Crippen LogP contribution in [0.25, 0.3) is 0 Å². The summed E-state index contributed by atoms with van der Waals surface area (Å²) in [5.41, 5.74) is 7.28. The molecule has 0 saturated heterocycles. The summed E-state index contributed by atoms with van der Waals surface area (Å²) in [5.74, 6) is -0.107. The predicted octanol–water partition coefficient (Wildman–Crippen LogP) is 0.785. The first kappa shape index (κ1) is 15.6. The van der Waals surface area contributed by atoms with Gasteiger partial charge in [-0.1, -0.05) is 18.2 Å². The molecule has 5 heteroatoms. The highest BCUT2D eigenvalue weighted by atomic mass is 16.3. The Kier molecular flexibility index (Phi) is 5.95. The molecule has 2 atom stereocenters. The van der Waals surface area contributed by atoms with E-state index in [9.17, 15) is 9.90 Å². The molecule has 0 spiro atoms. The van der Waals surface area contributed by atoms with Crippen LogP contribution in [0.15, 0.2) is 24.3 Å². The van der Waals surface area contributed by atoms with Crippen molar-refractivity contribution < 1.29 is 9.90 Å². The number of carbonyl (C=O) groups is 1. The topological polar surface area (TPSA) is 78.6 Å². The van der Waals surface area contributed by atoms with Crippen molar-refractivity contribution in [3.63, 3.8) is 0 Å². The highest BCUT2D eigenvalue weighted by molar-refractivity contribution is 5.95. The number of nitrogens with two attached hydrogens (primary N) is 1. The number of para-hydroxylation sites is 1. The number of anilines is 1. The third kappa shape index (κ3) is 4.63. The number of hydrogen-bond acceptors (Lipinski definition) is 4. The SMILES string of the molecule is CC(O)CN(C)C(C)C(=O)Nc1ccccc1CN. The van der Waals surface area contributed by atoms with Crippen LogP contribution in [-0.4, -0.2) is 41.7 Å². The van der Waals surface area contributed by atoms with Crippen LogP contribution < -0.4 is 11.1 Å². The Morgan fingerprint density at radius 2 is 2.05 bits per heavy atom. The van der Waals surface area contributed by atoms with Crippen molar-refractivity contribution in [2.24, 2.45) is 5.73 Å². The minimum absolute atomic E-state index is 0.107. The van der Waals surface area contributed by atoms with E-state index in [2.05, 4.69) is 5.32 Å². The molecule has 0 aliphatic rings. The first-order valence-corrected chi connectivity index (χ1v) is 6.42. The Morgan fingerprint density at radius 1 is 1.42 bits per heavy atom. The highest BCUT2D eigenvalue weighted by Crippen LogP contribution is 2.15. The fourth-order valence-corrected chi connectivity index (χ4v) is 1.83. The number of aliphatic hydroxyl groups excluding tert-OH is 1. The molecule has 19 heavy (non-hydrogen) atoms. The highest BCUT2D eigenvalue weighted by Gasteiger charge is 2.19. The van der Waals surface area contributed by atoms with E-state index in [4.69, 9.17) is 5.73 Å². The molecule has 0 aliphatic heterocycles. The molecule has 4 N–H and O–H groups in total.